The molecule has 7 heteroatoms. The summed E-state index contributed by atoms with van der Waals surface area (Å²) in [6.45, 7) is 8.40. The fraction of sp³-hybridized carbons (Fsp3) is 0.143. The highest BCUT2D eigenvalue weighted by Crippen LogP contribution is 2.40. The van der Waals surface area contributed by atoms with Gasteiger partial charge in [-0.2, -0.15) is 10.2 Å². The molecule has 1 saturated heterocycles. The van der Waals surface area contributed by atoms with E-state index in [1.807, 2.05) is 33.9 Å². The number of benzene rings is 5. The number of hydrogen-bond acceptors (Lipinski definition) is 4. The van der Waals surface area contributed by atoms with Gasteiger partial charge >= 0.3 is 7.12 Å². The lowest BCUT2D eigenvalue weighted by atomic mass is 9.75. The molecule has 1 aliphatic heterocycles. The zero-order chi connectivity index (χ0) is 33.6. The Morgan fingerprint density at radius 1 is 0.469 bits per heavy atom. The Kier molecular flexibility index (Phi) is 7.67. The van der Waals surface area contributed by atoms with Crippen LogP contribution in [0.5, 0.6) is 0 Å². The molecule has 0 saturated carbocycles. The van der Waals surface area contributed by atoms with Gasteiger partial charge < -0.3 is 9.31 Å². The van der Waals surface area contributed by atoms with E-state index in [1.54, 1.807) is 12.4 Å². The summed E-state index contributed by atoms with van der Waals surface area (Å²) in [4.78, 5) is 0. The molecule has 0 radical (unpaired) electrons. The topological polar surface area (TPSA) is 54.1 Å². The van der Waals surface area contributed by atoms with Crippen molar-refractivity contribution in [2.24, 2.45) is 0 Å². The minimum Gasteiger partial charge on any atom is -0.399 e. The lowest BCUT2D eigenvalue weighted by molar-refractivity contribution is 0.00578. The zero-order valence-electron chi connectivity index (χ0n) is 28.1. The molecule has 0 atom stereocenters. The first-order chi connectivity index (χ1) is 23.8. The van der Waals surface area contributed by atoms with Crippen molar-refractivity contribution in [2.75, 3.05) is 0 Å². The molecule has 0 spiro atoms. The van der Waals surface area contributed by atoms with Crippen LogP contribution in [0.15, 0.2) is 152 Å². The van der Waals surface area contributed by atoms with E-state index in [-0.39, 0.29) is 0 Å². The highest BCUT2D eigenvalue weighted by molar-refractivity contribution is 6.62. The van der Waals surface area contributed by atoms with Crippen molar-refractivity contribution in [3.05, 3.63) is 152 Å². The predicted molar refractivity (Wildman–Crippen MR) is 198 cm³/mol. The van der Waals surface area contributed by atoms with E-state index in [1.165, 1.54) is 0 Å². The number of hydrogen-bond donors (Lipinski definition) is 0. The lowest BCUT2D eigenvalue weighted by Gasteiger charge is -2.32. The smallest absolute Gasteiger partial charge is 0.399 e. The van der Waals surface area contributed by atoms with E-state index in [2.05, 4.69) is 153 Å². The van der Waals surface area contributed by atoms with Crippen LogP contribution in [0.4, 0.5) is 0 Å². The van der Waals surface area contributed by atoms with Gasteiger partial charge in [0.05, 0.1) is 22.6 Å². The van der Waals surface area contributed by atoms with Gasteiger partial charge in [0.1, 0.15) is 0 Å². The van der Waals surface area contributed by atoms with Crippen LogP contribution < -0.4 is 5.46 Å². The normalized spacial score (nSPS) is 15.1. The van der Waals surface area contributed by atoms with Crippen molar-refractivity contribution in [1.29, 1.82) is 0 Å². The standard InChI is InChI=1S/C42H37BN4O2/c1-41(2)42(3,4)49-43(48-41)34-28-32(39-13-7-5-11-37(39)30-15-19-35(20-16-30)46-25-9-23-44-46)27-33(29-34)40-14-8-6-12-38(40)31-17-21-36(22-18-31)47-26-10-24-45-47/h5-29H,1-4H3. The monoisotopic (exact) mass is 640 g/mol. The molecular weight excluding hydrogens is 603 g/mol. The Morgan fingerprint density at radius 2 is 0.857 bits per heavy atom. The van der Waals surface area contributed by atoms with Gasteiger partial charge in [-0.05, 0) is 120 Å². The molecule has 0 aliphatic carbocycles. The molecule has 7 aromatic rings. The first-order valence-corrected chi connectivity index (χ1v) is 16.7. The molecule has 0 amide bonds. The van der Waals surface area contributed by atoms with Gasteiger partial charge in [0, 0.05) is 24.8 Å². The third-order valence-electron chi connectivity index (χ3n) is 9.85. The van der Waals surface area contributed by atoms with Crippen LogP contribution in [-0.4, -0.2) is 37.9 Å². The summed E-state index contributed by atoms with van der Waals surface area (Å²) in [6, 6.07) is 44.9. The molecule has 5 aromatic carbocycles. The third kappa shape index (κ3) is 5.82. The molecular formula is C42H37BN4O2. The Morgan fingerprint density at radius 3 is 1.22 bits per heavy atom. The van der Waals surface area contributed by atoms with Crippen LogP contribution in [0.25, 0.3) is 55.9 Å². The summed E-state index contributed by atoms with van der Waals surface area (Å²) in [6.07, 6.45) is 7.50. The third-order valence-corrected chi connectivity index (χ3v) is 9.85. The summed E-state index contributed by atoms with van der Waals surface area (Å²) in [5, 5.41) is 8.79. The minimum absolute atomic E-state index is 0.462. The van der Waals surface area contributed by atoms with Crippen molar-refractivity contribution < 1.29 is 9.31 Å². The first kappa shape index (κ1) is 30.8. The summed E-state index contributed by atoms with van der Waals surface area (Å²) in [7, 11) is -0.510. The summed E-state index contributed by atoms with van der Waals surface area (Å²) < 4.78 is 17.0. The van der Waals surface area contributed by atoms with Crippen molar-refractivity contribution in [1.82, 2.24) is 19.6 Å². The van der Waals surface area contributed by atoms with Crippen molar-refractivity contribution in [3.8, 4) is 55.9 Å². The Labute approximate surface area is 287 Å². The second-order valence-electron chi connectivity index (χ2n) is 13.5. The van der Waals surface area contributed by atoms with Gasteiger partial charge in [-0.15, -0.1) is 0 Å². The average molecular weight is 641 g/mol. The van der Waals surface area contributed by atoms with Gasteiger partial charge in [0.15, 0.2) is 0 Å². The summed E-state index contributed by atoms with van der Waals surface area (Å²) in [5.41, 5.74) is 11.1. The number of rotatable bonds is 7. The van der Waals surface area contributed by atoms with Crippen molar-refractivity contribution >= 4 is 12.6 Å². The molecule has 49 heavy (non-hydrogen) atoms. The van der Waals surface area contributed by atoms with Crippen LogP contribution in [0.3, 0.4) is 0 Å². The second-order valence-corrected chi connectivity index (χ2v) is 13.5. The van der Waals surface area contributed by atoms with Crippen LogP contribution in [-0.2, 0) is 9.31 Å². The number of aromatic nitrogens is 4. The highest BCUT2D eigenvalue weighted by Gasteiger charge is 2.51. The van der Waals surface area contributed by atoms with Gasteiger partial charge in [-0.1, -0.05) is 84.9 Å². The number of nitrogens with zero attached hydrogens (tertiary/aromatic N) is 4. The maximum atomic E-state index is 6.62. The highest BCUT2D eigenvalue weighted by atomic mass is 16.7. The van der Waals surface area contributed by atoms with E-state index in [9.17, 15) is 0 Å². The van der Waals surface area contributed by atoms with Gasteiger partial charge in [0.2, 0.25) is 0 Å². The van der Waals surface area contributed by atoms with Crippen LogP contribution in [0.1, 0.15) is 27.7 Å². The van der Waals surface area contributed by atoms with E-state index in [4.69, 9.17) is 9.31 Å². The van der Waals surface area contributed by atoms with Gasteiger partial charge in [0.25, 0.3) is 0 Å². The molecule has 0 unspecified atom stereocenters. The molecule has 1 fully saturated rings. The molecule has 3 heterocycles. The van der Waals surface area contributed by atoms with Gasteiger partial charge in [-0.3, -0.25) is 0 Å². The molecule has 0 bridgehead atoms. The van der Waals surface area contributed by atoms with Crippen LogP contribution in [0, 0.1) is 0 Å². The van der Waals surface area contributed by atoms with E-state index >= 15 is 0 Å². The Balaban J connectivity index is 1.25. The second kappa shape index (κ2) is 12.2. The van der Waals surface area contributed by atoms with E-state index < -0.39 is 18.3 Å². The quantitative estimate of drug-likeness (QED) is 0.163. The lowest BCUT2D eigenvalue weighted by Crippen LogP contribution is -2.41. The van der Waals surface area contributed by atoms with Gasteiger partial charge in [-0.25, -0.2) is 9.36 Å². The van der Waals surface area contributed by atoms with Crippen LogP contribution >= 0.6 is 0 Å². The maximum Gasteiger partial charge on any atom is 0.494 e. The molecule has 240 valence electrons. The Bertz CT molecular complexity index is 2070. The summed E-state index contributed by atoms with van der Waals surface area (Å²) >= 11 is 0. The average Bonchev–Trinajstić information content (AvgIpc) is 3.91. The van der Waals surface area contributed by atoms with Crippen molar-refractivity contribution in [2.45, 2.75) is 38.9 Å². The predicted octanol–water partition coefficient (Wildman–Crippen LogP) is 9.03. The molecule has 1 aliphatic rings. The Hall–Kier alpha value is -5.50. The minimum atomic E-state index is -0.510. The molecule has 6 nitrogen and oxygen atoms in total. The molecule has 2 aromatic heterocycles. The fourth-order valence-electron chi connectivity index (χ4n) is 6.48. The largest absolute Gasteiger partial charge is 0.494 e. The SMILES string of the molecule is CC1(C)OB(c2cc(-c3ccccc3-c3ccc(-n4cccn4)cc3)cc(-c3ccccc3-c3ccc(-n4cccn4)cc3)c2)OC1(C)C. The summed E-state index contributed by atoms with van der Waals surface area (Å²) in [5.74, 6) is 0. The van der Waals surface area contributed by atoms with E-state index in [0.29, 0.717) is 0 Å². The van der Waals surface area contributed by atoms with E-state index in [0.717, 1.165) is 61.3 Å². The fourth-order valence-corrected chi connectivity index (χ4v) is 6.48. The first-order valence-electron chi connectivity index (χ1n) is 16.7. The van der Waals surface area contributed by atoms with Crippen LogP contribution in [0.2, 0.25) is 0 Å². The van der Waals surface area contributed by atoms with Crippen molar-refractivity contribution in [3.63, 3.8) is 0 Å². The molecule has 8 rings (SSSR count). The maximum absolute atomic E-state index is 6.62. The zero-order valence-corrected chi connectivity index (χ0v) is 28.1. The molecule has 0 N–H and O–H groups in total.